The Morgan fingerprint density at radius 1 is 1.26 bits per heavy atom. The molecule has 2 amide bonds. The monoisotopic (exact) mass is 384 g/mol. The highest BCUT2D eigenvalue weighted by Gasteiger charge is 2.25. The van der Waals surface area contributed by atoms with Gasteiger partial charge in [0.25, 0.3) is 0 Å². The molecule has 0 radical (unpaired) electrons. The number of fused-ring (bicyclic) bond motifs is 1. The second-order valence-electron chi connectivity index (χ2n) is 6.54. The molecule has 0 spiro atoms. The molecule has 6 nitrogen and oxygen atoms in total. The van der Waals surface area contributed by atoms with Gasteiger partial charge >= 0.3 is 6.03 Å². The van der Waals surface area contributed by atoms with Crippen LogP contribution in [0.5, 0.6) is 0 Å². The molecule has 0 bridgehead atoms. The van der Waals surface area contributed by atoms with Crippen molar-refractivity contribution in [2.45, 2.75) is 12.5 Å². The van der Waals surface area contributed by atoms with Crippen LogP contribution in [0.4, 0.5) is 4.79 Å². The number of imidazole rings is 1. The third kappa shape index (κ3) is 4.23. The molecular weight excluding hydrogens is 364 g/mol. The largest absolute Gasteiger partial charge is 0.370 e. The number of hydrogen-bond acceptors (Lipinski definition) is 3. The van der Waals surface area contributed by atoms with E-state index in [1.807, 2.05) is 59.3 Å². The first kappa shape index (κ1) is 17.8. The van der Waals surface area contributed by atoms with Crippen LogP contribution in [0.25, 0.3) is 5.65 Å². The summed E-state index contributed by atoms with van der Waals surface area (Å²) in [6.45, 7) is 2.19. The van der Waals surface area contributed by atoms with Gasteiger partial charge in [-0.05, 0) is 29.8 Å². The van der Waals surface area contributed by atoms with Gasteiger partial charge in [-0.2, -0.15) is 0 Å². The number of urea groups is 1. The smallest absolute Gasteiger partial charge is 0.317 e. The van der Waals surface area contributed by atoms with Gasteiger partial charge in [-0.3, -0.25) is 0 Å². The number of morpholine rings is 1. The van der Waals surface area contributed by atoms with Crippen LogP contribution in [0.15, 0.2) is 54.9 Å². The molecule has 27 heavy (non-hydrogen) atoms. The highest BCUT2D eigenvalue weighted by molar-refractivity contribution is 6.30. The Bertz CT molecular complexity index is 892. The summed E-state index contributed by atoms with van der Waals surface area (Å²) in [5.74, 6) is 0. The molecule has 0 aliphatic carbocycles. The molecular formula is C20H21ClN4O2. The number of nitrogens with zero attached hydrogens (tertiary/aromatic N) is 3. The number of rotatable bonds is 4. The van der Waals surface area contributed by atoms with Crippen molar-refractivity contribution in [3.8, 4) is 0 Å². The minimum atomic E-state index is -0.125. The first-order valence-electron chi connectivity index (χ1n) is 9.01. The maximum Gasteiger partial charge on any atom is 0.317 e. The molecule has 3 heterocycles. The summed E-state index contributed by atoms with van der Waals surface area (Å²) >= 11 is 5.94. The van der Waals surface area contributed by atoms with Crippen molar-refractivity contribution in [1.82, 2.24) is 19.6 Å². The second-order valence-corrected chi connectivity index (χ2v) is 6.97. The minimum Gasteiger partial charge on any atom is -0.370 e. The predicted octanol–water partition coefficient (Wildman–Crippen LogP) is 3.31. The fourth-order valence-electron chi connectivity index (χ4n) is 3.23. The second kappa shape index (κ2) is 7.98. The van der Waals surface area contributed by atoms with Gasteiger partial charge in [0.15, 0.2) is 0 Å². The van der Waals surface area contributed by atoms with Gasteiger partial charge in [0.05, 0.1) is 18.8 Å². The number of ether oxygens (including phenoxy) is 1. The van der Waals surface area contributed by atoms with Crippen molar-refractivity contribution >= 4 is 23.3 Å². The van der Waals surface area contributed by atoms with E-state index >= 15 is 0 Å². The molecule has 1 N–H and O–H groups in total. The maximum absolute atomic E-state index is 12.5. The summed E-state index contributed by atoms with van der Waals surface area (Å²) in [5, 5.41) is 3.68. The molecule has 140 valence electrons. The summed E-state index contributed by atoms with van der Waals surface area (Å²) < 4.78 is 7.80. The molecule has 7 heteroatoms. The maximum atomic E-state index is 12.5. The van der Waals surface area contributed by atoms with Crippen LogP contribution in [-0.2, 0) is 11.2 Å². The third-order valence-electron chi connectivity index (χ3n) is 4.67. The lowest BCUT2D eigenvalue weighted by Crippen LogP contribution is -2.47. The number of benzene rings is 1. The lowest BCUT2D eigenvalue weighted by molar-refractivity contribution is -0.0153. The fourth-order valence-corrected chi connectivity index (χ4v) is 3.36. The number of carbonyl (C=O) groups excluding carboxylic acids is 1. The number of nitrogens with one attached hydrogen (secondary N) is 1. The van der Waals surface area contributed by atoms with E-state index in [1.165, 1.54) is 0 Å². The molecule has 3 aromatic rings. The van der Waals surface area contributed by atoms with Crippen molar-refractivity contribution in [3.05, 3.63) is 71.1 Å². The van der Waals surface area contributed by atoms with Crippen LogP contribution in [0.1, 0.15) is 17.4 Å². The zero-order valence-corrected chi connectivity index (χ0v) is 15.6. The van der Waals surface area contributed by atoms with E-state index in [4.69, 9.17) is 16.3 Å². The van der Waals surface area contributed by atoms with Gasteiger partial charge in [0.1, 0.15) is 11.8 Å². The molecule has 0 saturated carbocycles. The first-order valence-corrected chi connectivity index (χ1v) is 9.39. The number of pyridine rings is 1. The van der Waals surface area contributed by atoms with Crippen molar-refractivity contribution in [2.24, 2.45) is 0 Å². The molecule has 1 saturated heterocycles. The van der Waals surface area contributed by atoms with Crippen LogP contribution in [0.2, 0.25) is 5.02 Å². The van der Waals surface area contributed by atoms with E-state index in [0.717, 1.165) is 16.9 Å². The number of halogens is 1. The Hall–Kier alpha value is -2.57. The molecule has 1 aliphatic heterocycles. The standard InChI is InChI=1S/C20H21ClN4O2/c21-16-6-4-15(5-7-16)18-14-25(11-12-27-18)20(26)22-9-8-17-13-24-10-2-1-3-19(24)23-17/h1-7,10,13,18H,8-9,11-12,14H2,(H,22,26). The van der Waals surface area contributed by atoms with E-state index in [9.17, 15) is 4.79 Å². The van der Waals surface area contributed by atoms with Gasteiger partial charge < -0.3 is 19.4 Å². The zero-order valence-electron chi connectivity index (χ0n) is 14.8. The van der Waals surface area contributed by atoms with Gasteiger partial charge in [-0.1, -0.05) is 29.8 Å². The van der Waals surface area contributed by atoms with E-state index in [2.05, 4.69) is 10.3 Å². The Morgan fingerprint density at radius 3 is 2.93 bits per heavy atom. The first-order chi connectivity index (χ1) is 13.2. The van der Waals surface area contributed by atoms with Gasteiger partial charge in [-0.15, -0.1) is 0 Å². The number of amides is 2. The van der Waals surface area contributed by atoms with Crippen LogP contribution in [0.3, 0.4) is 0 Å². The molecule has 1 aliphatic rings. The van der Waals surface area contributed by atoms with Crippen LogP contribution >= 0.6 is 11.6 Å². The molecule has 2 aromatic heterocycles. The molecule has 4 rings (SSSR count). The van der Waals surface area contributed by atoms with Crippen molar-refractivity contribution in [2.75, 3.05) is 26.2 Å². The lowest BCUT2D eigenvalue weighted by atomic mass is 10.1. The van der Waals surface area contributed by atoms with Crippen LogP contribution < -0.4 is 5.32 Å². The quantitative estimate of drug-likeness (QED) is 0.750. The topological polar surface area (TPSA) is 58.9 Å². The summed E-state index contributed by atoms with van der Waals surface area (Å²) in [7, 11) is 0. The number of aromatic nitrogens is 2. The van der Waals surface area contributed by atoms with Crippen molar-refractivity contribution in [1.29, 1.82) is 0 Å². The van der Waals surface area contributed by atoms with Crippen LogP contribution in [-0.4, -0.2) is 46.6 Å². The predicted molar refractivity (Wildman–Crippen MR) is 104 cm³/mol. The zero-order chi connectivity index (χ0) is 18.6. The van der Waals surface area contributed by atoms with E-state index in [0.29, 0.717) is 37.7 Å². The summed E-state index contributed by atoms with van der Waals surface area (Å²) in [4.78, 5) is 18.9. The summed E-state index contributed by atoms with van der Waals surface area (Å²) in [5.41, 5.74) is 2.90. The highest BCUT2D eigenvalue weighted by Crippen LogP contribution is 2.23. The van der Waals surface area contributed by atoms with Crippen molar-refractivity contribution in [3.63, 3.8) is 0 Å². The molecule has 1 atom stereocenters. The van der Waals surface area contributed by atoms with Crippen molar-refractivity contribution < 1.29 is 9.53 Å². The Labute approximate surface area is 162 Å². The average molecular weight is 385 g/mol. The van der Waals surface area contributed by atoms with Gasteiger partial charge in [0.2, 0.25) is 0 Å². The Morgan fingerprint density at radius 2 is 2.11 bits per heavy atom. The Kier molecular flexibility index (Phi) is 5.27. The summed E-state index contributed by atoms with van der Waals surface area (Å²) in [6.07, 6.45) is 4.53. The Balaban J connectivity index is 1.30. The SMILES string of the molecule is O=C(NCCc1cn2ccccc2n1)N1CCOC(c2ccc(Cl)cc2)C1. The average Bonchev–Trinajstić information content (AvgIpc) is 3.11. The molecule has 1 fully saturated rings. The highest BCUT2D eigenvalue weighted by atomic mass is 35.5. The third-order valence-corrected chi connectivity index (χ3v) is 4.92. The fraction of sp³-hybridized carbons (Fsp3) is 0.300. The summed E-state index contributed by atoms with van der Waals surface area (Å²) in [6, 6.07) is 13.4. The van der Waals surface area contributed by atoms with E-state index in [1.54, 1.807) is 4.90 Å². The lowest BCUT2D eigenvalue weighted by Gasteiger charge is -2.33. The minimum absolute atomic E-state index is 0.0685. The van der Waals surface area contributed by atoms with E-state index < -0.39 is 0 Å². The number of hydrogen-bond donors (Lipinski definition) is 1. The van der Waals surface area contributed by atoms with Gasteiger partial charge in [0, 0.05) is 36.9 Å². The van der Waals surface area contributed by atoms with Gasteiger partial charge in [-0.25, -0.2) is 9.78 Å². The molecule has 1 unspecified atom stereocenters. The van der Waals surface area contributed by atoms with E-state index in [-0.39, 0.29) is 12.1 Å². The normalized spacial score (nSPS) is 17.2. The van der Waals surface area contributed by atoms with Crippen LogP contribution in [0, 0.1) is 0 Å². The molecule has 1 aromatic carbocycles. The number of carbonyl (C=O) groups is 1.